The number of hydrogen-bond donors (Lipinski definition) is 4. The van der Waals surface area contributed by atoms with Crippen molar-refractivity contribution >= 4 is 17.9 Å². The Balaban J connectivity index is 1.99. The predicted molar refractivity (Wildman–Crippen MR) is 153 cm³/mol. The highest BCUT2D eigenvalue weighted by Crippen LogP contribution is 2.34. The van der Waals surface area contributed by atoms with E-state index in [9.17, 15) is 24.6 Å². The molecule has 1 aliphatic carbocycles. The number of carbonyl (C=O) groups is 3. The molecule has 4 N–H and O–H groups in total. The Labute approximate surface area is 236 Å². The summed E-state index contributed by atoms with van der Waals surface area (Å²) in [5.74, 6) is -0.549. The molecule has 3 amide bonds. The Morgan fingerprint density at radius 1 is 0.975 bits per heavy atom. The van der Waals surface area contributed by atoms with E-state index in [-0.39, 0.29) is 29.9 Å². The standard InChI is InChI=1S/C31H43N3O6/c1-5-6-7-19-32-28(37)27(22-13-17-25(36)18-14-22)34(23-9-8-10-23)29(38)26(33-30(39)40-31(2,3)4)20-21-11-15-24(35)16-12-21/h11-18,23,26-27,35-36H,5-10,19-20H2,1-4H3,(H,32,37)(H,33,39). The topological polar surface area (TPSA) is 128 Å². The van der Waals surface area contributed by atoms with Gasteiger partial charge in [0.25, 0.3) is 0 Å². The normalized spacial score (nSPS) is 14.9. The molecule has 1 saturated carbocycles. The van der Waals surface area contributed by atoms with E-state index in [2.05, 4.69) is 17.6 Å². The minimum Gasteiger partial charge on any atom is -0.508 e. The van der Waals surface area contributed by atoms with Crippen LogP contribution < -0.4 is 10.6 Å². The summed E-state index contributed by atoms with van der Waals surface area (Å²) in [4.78, 5) is 42.6. The Bertz CT molecular complexity index is 1120. The third-order valence-electron chi connectivity index (χ3n) is 6.90. The lowest BCUT2D eigenvalue weighted by Gasteiger charge is -2.43. The molecule has 2 atom stereocenters. The monoisotopic (exact) mass is 553 g/mol. The van der Waals surface area contributed by atoms with Gasteiger partial charge in [-0.2, -0.15) is 0 Å². The summed E-state index contributed by atoms with van der Waals surface area (Å²) >= 11 is 0. The molecule has 0 saturated heterocycles. The van der Waals surface area contributed by atoms with Gasteiger partial charge in [-0.25, -0.2) is 4.79 Å². The number of aromatic hydroxyl groups is 2. The van der Waals surface area contributed by atoms with Gasteiger partial charge < -0.3 is 30.5 Å². The third kappa shape index (κ3) is 8.89. The lowest BCUT2D eigenvalue weighted by molar-refractivity contribution is -0.147. The molecule has 0 spiro atoms. The van der Waals surface area contributed by atoms with Gasteiger partial charge in [-0.3, -0.25) is 9.59 Å². The molecule has 1 aliphatic rings. The average molecular weight is 554 g/mol. The maximum atomic E-state index is 14.4. The first-order valence-corrected chi connectivity index (χ1v) is 14.1. The Morgan fingerprint density at radius 3 is 2.10 bits per heavy atom. The molecule has 0 aromatic heterocycles. The first-order chi connectivity index (χ1) is 19.0. The number of phenolic OH excluding ortho intramolecular Hbond substituents is 2. The van der Waals surface area contributed by atoms with Crippen molar-refractivity contribution in [2.75, 3.05) is 6.54 Å². The summed E-state index contributed by atoms with van der Waals surface area (Å²) in [6.45, 7) is 7.81. The van der Waals surface area contributed by atoms with Gasteiger partial charge in [0.2, 0.25) is 11.8 Å². The van der Waals surface area contributed by atoms with Gasteiger partial charge in [-0.15, -0.1) is 0 Å². The molecule has 2 aromatic rings. The van der Waals surface area contributed by atoms with E-state index < -0.39 is 29.7 Å². The number of phenols is 2. The Hall–Kier alpha value is -3.75. The number of rotatable bonds is 12. The first-order valence-electron chi connectivity index (χ1n) is 14.1. The van der Waals surface area contributed by atoms with Gasteiger partial charge in [-0.05, 0) is 81.8 Å². The van der Waals surface area contributed by atoms with Crippen LogP contribution in [-0.2, 0) is 20.7 Å². The van der Waals surface area contributed by atoms with E-state index in [4.69, 9.17) is 4.74 Å². The molecule has 40 heavy (non-hydrogen) atoms. The molecule has 2 aromatic carbocycles. The molecule has 0 heterocycles. The van der Waals surface area contributed by atoms with Crippen molar-refractivity contribution in [3.05, 3.63) is 59.7 Å². The van der Waals surface area contributed by atoms with Crippen molar-refractivity contribution in [2.24, 2.45) is 0 Å². The van der Waals surface area contributed by atoms with Gasteiger partial charge in [0, 0.05) is 19.0 Å². The lowest BCUT2D eigenvalue weighted by Crippen LogP contribution is -2.58. The summed E-state index contributed by atoms with van der Waals surface area (Å²) in [6, 6.07) is 10.6. The number of carbonyl (C=O) groups excluding carboxylic acids is 3. The number of hydrogen-bond acceptors (Lipinski definition) is 6. The zero-order valence-corrected chi connectivity index (χ0v) is 24.0. The molecule has 0 radical (unpaired) electrons. The van der Waals surface area contributed by atoms with E-state index in [0.717, 1.165) is 44.1 Å². The Morgan fingerprint density at radius 2 is 1.57 bits per heavy atom. The van der Waals surface area contributed by atoms with E-state index in [1.54, 1.807) is 49.9 Å². The van der Waals surface area contributed by atoms with Gasteiger partial charge in [0.1, 0.15) is 29.2 Å². The van der Waals surface area contributed by atoms with Crippen molar-refractivity contribution in [3.8, 4) is 11.5 Å². The molecule has 3 rings (SSSR count). The quantitative estimate of drug-likeness (QED) is 0.275. The molecule has 0 aliphatic heterocycles. The summed E-state index contributed by atoms with van der Waals surface area (Å²) in [5.41, 5.74) is 0.536. The fraction of sp³-hybridized carbons (Fsp3) is 0.516. The first kappa shape index (κ1) is 30.8. The van der Waals surface area contributed by atoms with Crippen molar-refractivity contribution in [1.29, 1.82) is 0 Å². The van der Waals surface area contributed by atoms with Crippen LogP contribution in [0.25, 0.3) is 0 Å². The molecule has 9 heteroatoms. The van der Waals surface area contributed by atoms with Crippen LogP contribution >= 0.6 is 0 Å². The van der Waals surface area contributed by atoms with Crippen molar-refractivity contribution in [1.82, 2.24) is 15.5 Å². The summed E-state index contributed by atoms with van der Waals surface area (Å²) in [7, 11) is 0. The van der Waals surface area contributed by atoms with Crippen molar-refractivity contribution in [3.63, 3.8) is 0 Å². The number of nitrogens with zero attached hydrogens (tertiary/aromatic N) is 1. The summed E-state index contributed by atoms with van der Waals surface area (Å²) in [5, 5.41) is 25.4. The average Bonchev–Trinajstić information content (AvgIpc) is 2.85. The van der Waals surface area contributed by atoms with Gasteiger partial charge in [0.15, 0.2) is 0 Å². The smallest absolute Gasteiger partial charge is 0.408 e. The highest BCUT2D eigenvalue weighted by molar-refractivity contribution is 5.92. The summed E-state index contributed by atoms with van der Waals surface area (Å²) < 4.78 is 5.47. The molecule has 1 fully saturated rings. The van der Waals surface area contributed by atoms with E-state index in [1.165, 1.54) is 24.3 Å². The van der Waals surface area contributed by atoms with Crippen LogP contribution in [-0.4, -0.2) is 57.3 Å². The van der Waals surface area contributed by atoms with Gasteiger partial charge >= 0.3 is 6.09 Å². The molecular formula is C31H43N3O6. The predicted octanol–water partition coefficient (Wildman–Crippen LogP) is 4.96. The van der Waals surface area contributed by atoms with Gasteiger partial charge in [-0.1, -0.05) is 44.0 Å². The number of unbranched alkanes of at least 4 members (excludes halogenated alkanes) is 2. The van der Waals surface area contributed by atoms with Crippen molar-refractivity contribution in [2.45, 2.75) is 96.4 Å². The number of amides is 3. The number of benzene rings is 2. The van der Waals surface area contributed by atoms with Crippen LogP contribution in [0.2, 0.25) is 0 Å². The maximum Gasteiger partial charge on any atom is 0.408 e. The second-order valence-corrected chi connectivity index (χ2v) is 11.4. The van der Waals surface area contributed by atoms with Crippen LogP contribution in [0.3, 0.4) is 0 Å². The van der Waals surface area contributed by atoms with Crippen molar-refractivity contribution < 1.29 is 29.3 Å². The molecule has 2 unspecified atom stereocenters. The van der Waals surface area contributed by atoms with Crippen LogP contribution in [0, 0.1) is 0 Å². The van der Waals surface area contributed by atoms with Crippen LogP contribution in [0.5, 0.6) is 11.5 Å². The molecular weight excluding hydrogens is 510 g/mol. The second-order valence-electron chi connectivity index (χ2n) is 11.4. The van der Waals surface area contributed by atoms with E-state index in [0.29, 0.717) is 12.1 Å². The number of ether oxygens (including phenoxy) is 1. The zero-order chi connectivity index (χ0) is 29.3. The van der Waals surface area contributed by atoms with Gasteiger partial charge in [0.05, 0.1) is 0 Å². The maximum absolute atomic E-state index is 14.4. The number of nitrogens with one attached hydrogen (secondary N) is 2. The fourth-order valence-corrected chi connectivity index (χ4v) is 4.66. The molecule has 218 valence electrons. The Kier molecular flexibility index (Phi) is 10.8. The third-order valence-corrected chi connectivity index (χ3v) is 6.90. The fourth-order valence-electron chi connectivity index (χ4n) is 4.66. The highest BCUT2D eigenvalue weighted by atomic mass is 16.6. The minimum atomic E-state index is -1.02. The molecule has 9 nitrogen and oxygen atoms in total. The minimum absolute atomic E-state index is 0.0594. The van der Waals surface area contributed by atoms with Crippen LogP contribution in [0.4, 0.5) is 4.79 Å². The summed E-state index contributed by atoms with van der Waals surface area (Å²) in [6.07, 6.45) is 4.63. The van der Waals surface area contributed by atoms with E-state index >= 15 is 0 Å². The van der Waals surface area contributed by atoms with E-state index in [1.807, 2.05) is 0 Å². The molecule has 0 bridgehead atoms. The SMILES string of the molecule is CCCCCNC(=O)C(c1ccc(O)cc1)N(C(=O)C(Cc1ccc(O)cc1)NC(=O)OC(C)(C)C)C1CCC1. The largest absolute Gasteiger partial charge is 0.508 e. The van der Waals surface area contributed by atoms with Crippen LogP contribution in [0.1, 0.15) is 83.4 Å². The zero-order valence-electron chi connectivity index (χ0n) is 24.0. The highest BCUT2D eigenvalue weighted by Gasteiger charge is 2.42. The number of alkyl carbamates (subject to hydrolysis) is 1. The lowest BCUT2D eigenvalue weighted by atomic mass is 9.87. The van der Waals surface area contributed by atoms with Crippen LogP contribution in [0.15, 0.2) is 48.5 Å². The second kappa shape index (κ2) is 14.1.